The van der Waals surface area contributed by atoms with Gasteiger partial charge in [0.15, 0.2) is 0 Å². The summed E-state index contributed by atoms with van der Waals surface area (Å²) >= 11 is 0. The van der Waals surface area contributed by atoms with Crippen molar-refractivity contribution in [2.75, 3.05) is 32.7 Å². The van der Waals surface area contributed by atoms with Crippen molar-refractivity contribution in [3.8, 4) is 0 Å². The van der Waals surface area contributed by atoms with Gasteiger partial charge in [-0.2, -0.15) is 0 Å². The minimum atomic E-state index is 0. The van der Waals surface area contributed by atoms with E-state index in [4.69, 9.17) is 0 Å². The molecule has 0 aromatic heterocycles. The lowest BCUT2D eigenvalue weighted by molar-refractivity contribution is -0.0542. The highest BCUT2D eigenvalue weighted by atomic mass is 35.5. The zero-order chi connectivity index (χ0) is 14.8. The van der Waals surface area contributed by atoms with Crippen molar-refractivity contribution in [2.45, 2.75) is 18.4 Å². The van der Waals surface area contributed by atoms with Crippen LogP contribution in [0.5, 0.6) is 0 Å². The first-order valence-corrected chi connectivity index (χ1v) is 8.39. The minimum Gasteiger partial charge on any atom is -1.00 e. The average molecular weight is 328 g/mol. The molecular formula is C20H24ClN2-. The standard InChI is InChI=1S/C20H24N2.ClH/c1-3-7-18(8-4-1)15-20(16-19-9-5-2-6-10-19)17-21-11-13-22(20)14-12-21;/h1-10H,11-17H2;1H/p-1. The molecular weight excluding hydrogens is 304 g/mol. The van der Waals surface area contributed by atoms with Crippen LogP contribution in [0.1, 0.15) is 11.1 Å². The quantitative estimate of drug-likeness (QED) is 0.770. The van der Waals surface area contributed by atoms with E-state index in [0.717, 1.165) is 12.8 Å². The molecule has 0 amide bonds. The van der Waals surface area contributed by atoms with E-state index in [1.54, 1.807) is 0 Å². The maximum atomic E-state index is 2.76. The number of rotatable bonds is 4. The summed E-state index contributed by atoms with van der Waals surface area (Å²) in [6, 6.07) is 22.0. The fourth-order valence-corrected chi connectivity index (χ4v) is 4.25. The van der Waals surface area contributed by atoms with Gasteiger partial charge in [-0.15, -0.1) is 0 Å². The van der Waals surface area contributed by atoms with E-state index in [1.165, 1.54) is 43.9 Å². The molecule has 0 unspecified atom stereocenters. The Morgan fingerprint density at radius 2 is 1.17 bits per heavy atom. The van der Waals surface area contributed by atoms with E-state index in [-0.39, 0.29) is 17.9 Å². The van der Waals surface area contributed by atoms with Crippen molar-refractivity contribution in [3.63, 3.8) is 0 Å². The molecule has 3 aliphatic heterocycles. The Bertz CT molecular complexity index is 565. The Morgan fingerprint density at radius 3 is 1.57 bits per heavy atom. The molecule has 23 heavy (non-hydrogen) atoms. The monoisotopic (exact) mass is 327 g/mol. The highest BCUT2D eigenvalue weighted by molar-refractivity contribution is 5.24. The van der Waals surface area contributed by atoms with Gasteiger partial charge >= 0.3 is 0 Å². The van der Waals surface area contributed by atoms with Crippen LogP contribution in [0.15, 0.2) is 60.7 Å². The fraction of sp³-hybridized carbons (Fsp3) is 0.400. The summed E-state index contributed by atoms with van der Waals surface area (Å²) in [4.78, 5) is 5.42. The van der Waals surface area contributed by atoms with Crippen LogP contribution in [0.2, 0.25) is 0 Å². The molecule has 2 bridgehead atoms. The minimum absolute atomic E-state index is 0. The van der Waals surface area contributed by atoms with Crippen molar-refractivity contribution in [2.24, 2.45) is 0 Å². The van der Waals surface area contributed by atoms with Crippen molar-refractivity contribution in [1.29, 1.82) is 0 Å². The molecule has 3 saturated heterocycles. The molecule has 0 aliphatic carbocycles. The van der Waals surface area contributed by atoms with E-state index >= 15 is 0 Å². The van der Waals surface area contributed by atoms with Gasteiger partial charge < -0.3 is 12.4 Å². The molecule has 0 atom stereocenters. The summed E-state index contributed by atoms with van der Waals surface area (Å²) in [5, 5.41) is 0. The van der Waals surface area contributed by atoms with Crippen LogP contribution in [0.4, 0.5) is 0 Å². The second-order valence-electron chi connectivity index (χ2n) is 6.81. The molecule has 3 heterocycles. The van der Waals surface area contributed by atoms with Gasteiger partial charge in [-0.05, 0) is 24.0 Å². The Kier molecular flexibility index (Phi) is 5.05. The third-order valence-corrected chi connectivity index (χ3v) is 5.31. The molecule has 3 aliphatic rings. The van der Waals surface area contributed by atoms with E-state index < -0.39 is 0 Å². The lowest BCUT2D eigenvalue weighted by Crippen LogP contribution is -3.00. The van der Waals surface area contributed by atoms with Gasteiger partial charge in [-0.25, -0.2) is 0 Å². The molecule has 0 N–H and O–H groups in total. The number of halogens is 1. The van der Waals surface area contributed by atoms with Crippen LogP contribution < -0.4 is 12.4 Å². The van der Waals surface area contributed by atoms with Crippen molar-refractivity contribution >= 4 is 0 Å². The number of hydrogen-bond acceptors (Lipinski definition) is 2. The van der Waals surface area contributed by atoms with Gasteiger partial charge in [-0.1, -0.05) is 60.7 Å². The van der Waals surface area contributed by atoms with Crippen LogP contribution in [0.25, 0.3) is 0 Å². The van der Waals surface area contributed by atoms with Crippen LogP contribution in [0, 0.1) is 0 Å². The molecule has 5 rings (SSSR count). The largest absolute Gasteiger partial charge is 1.00 e. The van der Waals surface area contributed by atoms with Crippen LogP contribution in [-0.4, -0.2) is 48.1 Å². The van der Waals surface area contributed by atoms with Gasteiger partial charge in [0.1, 0.15) is 0 Å². The van der Waals surface area contributed by atoms with Gasteiger partial charge in [0.2, 0.25) is 0 Å². The first-order chi connectivity index (χ1) is 10.8. The molecule has 0 radical (unpaired) electrons. The Hall–Kier alpha value is -1.35. The van der Waals surface area contributed by atoms with E-state index in [2.05, 4.69) is 70.5 Å². The first-order valence-electron chi connectivity index (χ1n) is 8.39. The summed E-state index contributed by atoms with van der Waals surface area (Å²) < 4.78 is 0. The fourth-order valence-electron chi connectivity index (χ4n) is 4.25. The van der Waals surface area contributed by atoms with Gasteiger partial charge in [0, 0.05) is 38.3 Å². The molecule has 2 nitrogen and oxygen atoms in total. The second kappa shape index (κ2) is 7.04. The zero-order valence-corrected chi connectivity index (χ0v) is 14.3. The first kappa shape index (κ1) is 16.5. The molecule has 3 heteroatoms. The van der Waals surface area contributed by atoms with Gasteiger partial charge in [0.05, 0.1) is 0 Å². The van der Waals surface area contributed by atoms with Crippen LogP contribution in [-0.2, 0) is 12.8 Å². The predicted molar refractivity (Wildman–Crippen MR) is 91.0 cm³/mol. The lowest BCUT2D eigenvalue weighted by atomic mass is 9.79. The van der Waals surface area contributed by atoms with Gasteiger partial charge in [-0.3, -0.25) is 9.80 Å². The lowest BCUT2D eigenvalue weighted by Gasteiger charge is -2.56. The molecule has 2 aromatic rings. The highest BCUT2D eigenvalue weighted by Gasteiger charge is 2.44. The molecule has 0 saturated carbocycles. The van der Waals surface area contributed by atoms with Crippen molar-refractivity contribution in [3.05, 3.63) is 71.8 Å². The SMILES string of the molecule is [Cl-].c1ccc(CC2(Cc3ccccc3)CN3CCN2CC3)cc1. The van der Waals surface area contributed by atoms with E-state index in [0.29, 0.717) is 0 Å². The molecule has 3 fully saturated rings. The number of piperazine rings is 3. The second-order valence-corrected chi connectivity index (χ2v) is 6.81. The molecule has 122 valence electrons. The Labute approximate surface area is 145 Å². The Morgan fingerprint density at radius 1 is 0.696 bits per heavy atom. The average Bonchev–Trinajstić information content (AvgIpc) is 2.57. The van der Waals surface area contributed by atoms with Crippen molar-refractivity contribution < 1.29 is 12.4 Å². The number of nitrogens with zero attached hydrogens (tertiary/aromatic N) is 2. The third kappa shape index (κ3) is 3.45. The Balaban J connectivity index is 0.00000156. The maximum absolute atomic E-state index is 2.76. The number of benzene rings is 2. The molecule has 0 spiro atoms. The zero-order valence-electron chi connectivity index (χ0n) is 13.5. The normalized spacial score (nSPS) is 24.9. The third-order valence-electron chi connectivity index (χ3n) is 5.31. The van der Waals surface area contributed by atoms with Gasteiger partial charge in [0.25, 0.3) is 0 Å². The summed E-state index contributed by atoms with van der Waals surface area (Å²) in [6.07, 6.45) is 2.30. The number of hydrogen-bond donors (Lipinski definition) is 0. The van der Waals surface area contributed by atoms with Crippen molar-refractivity contribution in [1.82, 2.24) is 9.80 Å². The molecule has 2 aromatic carbocycles. The highest BCUT2D eigenvalue weighted by Crippen LogP contribution is 2.33. The summed E-state index contributed by atoms with van der Waals surface area (Å²) in [5.74, 6) is 0. The maximum Gasteiger partial charge on any atom is 0.0417 e. The number of fused-ring (bicyclic) bond motifs is 3. The van der Waals surface area contributed by atoms with Crippen LogP contribution in [0.3, 0.4) is 0 Å². The topological polar surface area (TPSA) is 6.48 Å². The summed E-state index contributed by atoms with van der Waals surface area (Å²) in [5.41, 5.74) is 3.19. The summed E-state index contributed by atoms with van der Waals surface area (Å²) in [6.45, 7) is 6.13. The predicted octanol–water partition coefficient (Wildman–Crippen LogP) is -0.154. The van der Waals surface area contributed by atoms with E-state index in [1.807, 2.05) is 0 Å². The van der Waals surface area contributed by atoms with Crippen LogP contribution >= 0.6 is 0 Å². The smallest absolute Gasteiger partial charge is 0.0417 e. The van der Waals surface area contributed by atoms with E-state index in [9.17, 15) is 0 Å². The summed E-state index contributed by atoms with van der Waals surface area (Å²) in [7, 11) is 0.